The van der Waals surface area contributed by atoms with Crippen molar-refractivity contribution in [2.45, 2.75) is 105 Å². The van der Waals surface area contributed by atoms with Gasteiger partial charge in [0.1, 0.15) is 29.9 Å². The van der Waals surface area contributed by atoms with Crippen LogP contribution >= 0.6 is 23.1 Å². The predicted octanol–water partition coefficient (Wildman–Crippen LogP) is 2.29. The van der Waals surface area contributed by atoms with Gasteiger partial charge in [0.15, 0.2) is 4.34 Å². The average Bonchev–Trinajstić information content (AvgIpc) is 3.19. The normalized spacial score (nSPS) is 26.2. The number of unbranched alkanes of at least 4 members (excludes halogenated alkanes) is 8. The largest absolute Gasteiger partial charge is 0.394 e. The summed E-state index contributed by atoms with van der Waals surface area (Å²) >= 11 is 2.15. The molecule has 0 bridgehead atoms. The fraction of sp³-hybridized carbons (Fsp3) is 0.850. The van der Waals surface area contributed by atoms with Gasteiger partial charge in [-0.2, -0.15) is 0 Å². The van der Waals surface area contributed by atoms with Crippen LogP contribution in [0.3, 0.4) is 0 Å². The van der Waals surface area contributed by atoms with E-state index in [-0.39, 0.29) is 5.91 Å². The maximum atomic E-state index is 12.1. The zero-order chi connectivity index (χ0) is 22.6. The van der Waals surface area contributed by atoms with Gasteiger partial charge in [-0.05, 0) is 6.42 Å². The van der Waals surface area contributed by atoms with Crippen molar-refractivity contribution < 1.29 is 30.0 Å². The molecule has 1 aromatic rings. The predicted molar refractivity (Wildman–Crippen MR) is 120 cm³/mol. The lowest BCUT2D eigenvalue weighted by molar-refractivity contribution is -0.205. The van der Waals surface area contributed by atoms with Crippen molar-refractivity contribution in [3.8, 4) is 0 Å². The van der Waals surface area contributed by atoms with Gasteiger partial charge in [0, 0.05) is 6.42 Å². The first-order valence-corrected chi connectivity index (χ1v) is 12.8. The summed E-state index contributed by atoms with van der Waals surface area (Å²) in [5.74, 6) is -0.108. The van der Waals surface area contributed by atoms with Crippen LogP contribution in [0.4, 0.5) is 5.13 Å². The molecule has 31 heavy (non-hydrogen) atoms. The van der Waals surface area contributed by atoms with E-state index in [0.29, 0.717) is 15.9 Å². The Hall–Kier alpha value is -0.820. The van der Waals surface area contributed by atoms with E-state index in [9.17, 15) is 25.2 Å². The van der Waals surface area contributed by atoms with Gasteiger partial charge in [-0.25, -0.2) is 0 Å². The fourth-order valence-corrected chi connectivity index (χ4v) is 5.34. The average molecular weight is 478 g/mol. The summed E-state index contributed by atoms with van der Waals surface area (Å²) in [5.41, 5.74) is -0.922. The maximum absolute atomic E-state index is 12.1. The first-order chi connectivity index (χ1) is 15.0. The summed E-state index contributed by atoms with van der Waals surface area (Å²) < 4.78 is 5.87. The van der Waals surface area contributed by atoms with Crippen molar-refractivity contribution in [2.75, 3.05) is 11.9 Å². The molecule has 2 rings (SSSR count). The van der Waals surface area contributed by atoms with Crippen molar-refractivity contribution in [2.24, 2.45) is 0 Å². The molecule has 178 valence electrons. The number of ether oxygens (including phenoxy) is 1. The Kier molecular flexibility index (Phi) is 12.2. The smallest absolute Gasteiger partial charge is 0.226 e. The lowest BCUT2D eigenvalue weighted by Crippen LogP contribution is -2.57. The molecule has 0 aliphatic carbocycles. The number of nitrogens with zero attached hydrogens (tertiary/aromatic N) is 2. The van der Waals surface area contributed by atoms with Crippen molar-refractivity contribution in [1.29, 1.82) is 0 Å². The molecule has 5 N–H and O–H groups in total. The molecule has 11 heteroatoms. The zero-order valence-corrected chi connectivity index (χ0v) is 19.6. The molecule has 0 aromatic carbocycles. The minimum Gasteiger partial charge on any atom is -0.394 e. The molecule has 1 fully saturated rings. The van der Waals surface area contributed by atoms with Gasteiger partial charge in [0.05, 0.1) is 6.61 Å². The van der Waals surface area contributed by atoms with Crippen molar-refractivity contribution in [3.63, 3.8) is 0 Å². The van der Waals surface area contributed by atoms with Crippen LogP contribution in [0.15, 0.2) is 4.34 Å². The maximum Gasteiger partial charge on any atom is 0.226 e. The Morgan fingerprint density at radius 2 is 1.65 bits per heavy atom. The fourth-order valence-electron chi connectivity index (χ4n) is 3.35. The molecule has 1 amide bonds. The van der Waals surface area contributed by atoms with Crippen molar-refractivity contribution in [1.82, 2.24) is 10.2 Å². The van der Waals surface area contributed by atoms with Crippen LogP contribution in [0.1, 0.15) is 71.1 Å². The molecule has 0 spiro atoms. The second-order valence-corrected chi connectivity index (χ2v) is 10.1. The van der Waals surface area contributed by atoms with E-state index in [1.807, 2.05) is 0 Å². The highest BCUT2D eigenvalue weighted by molar-refractivity contribution is 8.01. The van der Waals surface area contributed by atoms with Crippen molar-refractivity contribution in [3.05, 3.63) is 0 Å². The number of hydrogen-bond acceptors (Lipinski definition) is 10. The highest BCUT2D eigenvalue weighted by Gasteiger charge is 2.44. The third kappa shape index (κ3) is 8.91. The molecular formula is C20H35N3O6S2. The highest BCUT2D eigenvalue weighted by Crippen LogP contribution is 2.35. The summed E-state index contributed by atoms with van der Waals surface area (Å²) in [5, 5.41) is 50.0. The minimum atomic E-state index is -1.44. The van der Waals surface area contributed by atoms with E-state index in [2.05, 4.69) is 22.4 Å². The number of nitrogens with one attached hydrogen (secondary N) is 1. The molecular weight excluding hydrogens is 442 g/mol. The Bertz CT molecular complexity index is 648. The summed E-state index contributed by atoms with van der Waals surface area (Å²) in [7, 11) is 0. The second-order valence-electron chi connectivity index (χ2n) is 7.81. The van der Waals surface area contributed by atoms with Crippen LogP contribution in [0.5, 0.6) is 0 Å². The third-order valence-electron chi connectivity index (χ3n) is 5.23. The highest BCUT2D eigenvalue weighted by atomic mass is 32.2. The standard InChI is InChI=1S/C20H35N3O6S2/c1-2-3-4-5-6-7-8-9-10-11-14(25)21-19-22-23-20(31-19)30-18-17(28)16(27)15(26)13(12-24)29-18/h13,15-18,24,26-28H,2-12H2,1H3,(H,21,22,25)/t13-,15+,16+,17-,18+/m1/s1. The second kappa shape index (κ2) is 14.4. The third-order valence-corrected chi connectivity index (χ3v) is 7.30. The summed E-state index contributed by atoms with van der Waals surface area (Å²) in [6.07, 6.45) is 5.99. The number of amides is 1. The molecule has 1 aliphatic rings. The van der Waals surface area contributed by atoms with Crippen molar-refractivity contribution >= 4 is 34.1 Å². The van der Waals surface area contributed by atoms with Gasteiger partial charge in [0.2, 0.25) is 11.0 Å². The molecule has 2 heterocycles. The van der Waals surface area contributed by atoms with E-state index in [4.69, 9.17) is 4.74 Å². The molecule has 0 radical (unpaired) electrons. The number of aliphatic hydroxyl groups excluding tert-OH is 4. The number of aliphatic hydroxyl groups is 4. The number of hydrogen-bond donors (Lipinski definition) is 5. The van der Waals surface area contributed by atoms with Gasteiger partial charge in [-0.15, -0.1) is 10.2 Å². The lowest BCUT2D eigenvalue weighted by atomic mass is 10.0. The van der Waals surface area contributed by atoms with Crippen LogP contribution in [0.25, 0.3) is 0 Å². The lowest BCUT2D eigenvalue weighted by Gasteiger charge is -2.39. The van der Waals surface area contributed by atoms with Gasteiger partial charge >= 0.3 is 0 Å². The first-order valence-electron chi connectivity index (χ1n) is 11.1. The molecule has 5 atom stereocenters. The quantitative estimate of drug-likeness (QED) is 0.201. The Labute approximate surface area is 191 Å². The van der Waals surface area contributed by atoms with Gasteiger partial charge in [-0.3, -0.25) is 4.79 Å². The monoisotopic (exact) mass is 477 g/mol. The van der Waals surface area contributed by atoms with Crippen LogP contribution in [-0.2, 0) is 9.53 Å². The summed E-state index contributed by atoms with van der Waals surface area (Å²) in [4.78, 5) is 12.1. The molecule has 1 aromatic heterocycles. The van der Waals surface area contributed by atoms with E-state index in [1.54, 1.807) is 0 Å². The van der Waals surface area contributed by atoms with E-state index in [1.165, 1.54) is 38.5 Å². The molecule has 1 saturated heterocycles. The summed E-state index contributed by atoms with van der Waals surface area (Å²) in [6.45, 7) is 1.73. The number of anilines is 1. The van der Waals surface area contributed by atoms with Gasteiger partial charge in [-0.1, -0.05) is 81.4 Å². The minimum absolute atomic E-state index is 0.108. The molecule has 9 nitrogen and oxygen atoms in total. The topological polar surface area (TPSA) is 145 Å². The van der Waals surface area contributed by atoms with Crippen LogP contribution in [0.2, 0.25) is 0 Å². The summed E-state index contributed by atoms with van der Waals surface area (Å²) in [6, 6.07) is 0. The Morgan fingerprint density at radius 3 is 2.29 bits per heavy atom. The van der Waals surface area contributed by atoms with Crippen LogP contribution in [-0.4, -0.2) is 73.0 Å². The molecule has 0 unspecified atom stereocenters. The Balaban J connectivity index is 1.66. The molecule has 0 saturated carbocycles. The van der Waals surface area contributed by atoms with Gasteiger partial charge < -0.3 is 30.5 Å². The zero-order valence-electron chi connectivity index (χ0n) is 18.0. The number of thioether (sulfide) groups is 1. The number of rotatable bonds is 14. The van der Waals surface area contributed by atoms with Crippen LogP contribution in [0, 0.1) is 0 Å². The van der Waals surface area contributed by atoms with E-state index in [0.717, 1.165) is 42.4 Å². The van der Waals surface area contributed by atoms with E-state index < -0.39 is 36.5 Å². The Morgan fingerprint density at radius 1 is 1.00 bits per heavy atom. The van der Waals surface area contributed by atoms with E-state index >= 15 is 0 Å². The number of carbonyl (C=O) groups is 1. The van der Waals surface area contributed by atoms with Crippen LogP contribution < -0.4 is 5.32 Å². The number of aromatic nitrogens is 2. The first kappa shape index (κ1) is 26.4. The molecule has 1 aliphatic heterocycles. The van der Waals surface area contributed by atoms with Gasteiger partial charge in [0.25, 0.3) is 0 Å². The number of carbonyl (C=O) groups excluding carboxylic acids is 1. The SMILES string of the molecule is CCCCCCCCCCCC(=O)Nc1nnc(S[C@@H]2O[C@H](CO)[C@H](O)[C@H](O)[C@H]2O)s1.